The number of carbonyl (C=O) groups excluding carboxylic acids is 1. The van der Waals surface area contributed by atoms with E-state index in [1.807, 2.05) is 0 Å². The number of nitrogens with one attached hydrogen (secondary N) is 1. The summed E-state index contributed by atoms with van der Waals surface area (Å²) in [5.74, 6) is -0.874. The van der Waals surface area contributed by atoms with Crippen LogP contribution >= 0.6 is 23.2 Å². The fraction of sp³-hybridized carbons (Fsp3) is 0. The van der Waals surface area contributed by atoms with Crippen molar-refractivity contribution in [3.63, 3.8) is 0 Å². The first kappa shape index (κ1) is 15.1. The molecule has 1 amide bonds. The number of carbonyl (C=O) groups is 1. The fourth-order valence-electron chi connectivity index (χ4n) is 1.60. The number of nitrogens with zero attached hydrogens (tertiary/aromatic N) is 1. The normalized spacial score (nSPS) is 10.2. The van der Waals surface area contributed by atoms with Crippen LogP contribution in [-0.4, -0.2) is 15.9 Å². The minimum absolute atomic E-state index is 0.0130. The topological polar surface area (TPSA) is 92.5 Å². The van der Waals surface area contributed by atoms with Gasteiger partial charge in [-0.25, -0.2) is 0 Å². The number of halogens is 2. The molecule has 2 N–H and O–H groups in total. The number of non-ortho nitro benzene ring substituents is 1. The molecular formula is C13H8Cl2N2O4. The Morgan fingerprint density at radius 1 is 1.19 bits per heavy atom. The van der Waals surface area contributed by atoms with Gasteiger partial charge in [0.05, 0.1) is 21.2 Å². The van der Waals surface area contributed by atoms with Gasteiger partial charge < -0.3 is 10.4 Å². The smallest absolute Gasteiger partial charge is 0.271 e. The van der Waals surface area contributed by atoms with Crippen molar-refractivity contribution < 1.29 is 14.8 Å². The standard InChI is InChI=1S/C13H8Cl2N2O4/c14-7-1-4-12(18)9(5-7)13(19)16-11-3-2-8(17(20)21)6-10(11)15/h1-6,18H,(H,16,19)/i2+1,3+1,6+1,8+1,10+1,11+1. The van der Waals surface area contributed by atoms with Crippen LogP contribution in [-0.2, 0) is 0 Å². The third kappa shape index (κ3) is 3.42. The predicted octanol–water partition coefficient (Wildman–Crippen LogP) is 3.86. The number of anilines is 1. The lowest BCUT2D eigenvalue weighted by molar-refractivity contribution is -0.384. The fourth-order valence-corrected chi connectivity index (χ4v) is 1.99. The summed E-state index contributed by atoms with van der Waals surface area (Å²) < 4.78 is 0. The highest BCUT2D eigenvalue weighted by atomic mass is 35.5. The second-order valence-electron chi connectivity index (χ2n) is 4.04. The van der Waals surface area contributed by atoms with Crippen LogP contribution in [0.15, 0.2) is 36.4 Å². The molecule has 0 aliphatic rings. The van der Waals surface area contributed by atoms with E-state index in [4.69, 9.17) is 23.2 Å². The van der Waals surface area contributed by atoms with E-state index >= 15 is 0 Å². The number of phenols is 1. The molecule has 0 fully saturated rings. The second-order valence-corrected chi connectivity index (χ2v) is 4.88. The van der Waals surface area contributed by atoms with Gasteiger partial charge in [0.1, 0.15) is 5.75 Å². The number of phenolic OH excluding ortho intramolecular Hbond substituents is 1. The van der Waals surface area contributed by atoms with Gasteiger partial charge in [-0.05, 0) is 24.3 Å². The average Bonchev–Trinajstić information content (AvgIpc) is 2.43. The van der Waals surface area contributed by atoms with Crippen molar-refractivity contribution in [1.29, 1.82) is 0 Å². The Labute approximate surface area is 129 Å². The van der Waals surface area contributed by atoms with E-state index in [0.29, 0.717) is 0 Å². The molecule has 0 spiro atoms. The minimum atomic E-state index is -0.634. The van der Waals surface area contributed by atoms with Crippen molar-refractivity contribution >= 4 is 40.5 Å². The number of amides is 1. The SMILES string of the molecule is O=C(N[13c]1[13cH][13cH][13c]([N+](=O)[O-])[13cH][13c]1Cl)c1cc(Cl)ccc1O. The molecule has 0 aliphatic carbocycles. The van der Waals surface area contributed by atoms with Gasteiger partial charge in [0, 0.05) is 17.2 Å². The average molecular weight is 333 g/mol. The van der Waals surface area contributed by atoms with Crippen molar-refractivity contribution in [3.8, 4) is 5.75 Å². The van der Waals surface area contributed by atoms with Crippen LogP contribution in [0.5, 0.6) is 5.75 Å². The lowest BCUT2D eigenvalue weighted by atomic mass is 10.2. The predicted molar refractivity (Wildman–Crippen MR) is 79.2 cm³/mol. The van der Waals surface area contributed by atoms with Gasteiger partial charge in [-0.3, -0.25) is 14.9 Å². The molecule has 0 aliphatic heterocycles. The van der Waals surface area contributed by atoms with Crippen molar-refractivity contribution in [2.24, 2.45) is 0 Å². The zero-order valence-corrected chi connectivity index (χ0v) is 11.9. The number of rotatable bonds is 3. The van der Waals surface area contributed by atoms with Crippen molar-refractivity contribution in [2.45, 2.75) is 0 Å². The van der Waals surface area contributed by atoms with Gasteiger partial charge >= 0.3 is 0 Å². The largest absolute Gasteiger partial charge is 0.507 e. The van der Waals surface area contributed by atoms with Crippen molar-refractivity contribution in [2.75, 3.05) is 5.32 Å². The van der Waals surface area contributed by atoms with E-state index in [1.165, 1.54) is 30.3 Å². The maximum Gasteiger partial charge on any atom is 0.271 e. The molecule has 0 heterocycles. The summed E-state index contributed by atoms with van der Waals surface area (Å²) in [7, 11) is 0. The Bertz CT molecular complexity index is 734. The highest BCUT2D eigenvalue weighted by molar-refractivity contribution is 6.34. The van der Waals surface area contributed by atoms with Gasteiger partial charge in [0.2, 0.25) is 0 Å². The van der Waals surface area contributed by atoms with Crippen molar-refractivity contribution in [1.82, 2.24) is 0 Å². The van der Waals surface area contributed by atoms with Crippen LogP contribution in [0.3, 0.4) is 0 Å². The van der Waals surface area contributed by atoms with Gasteiger partial charge in [-0.1, -0.05) is 23.2 Å². The lowest BCUT2D eigenvalue weighted by Gasteiger charge is -2.08. The van der Waals surface area contributed by atoms with E-state index in [1.54, 1.807) is 0 Å². The molecule has 2 rings (SSSR count). The number of hydrogen-bond acceptors (Lipinski definition) is 4. The van der Waals surface area contributed by atoms with Crippen LogP contribution in [0.4, 0.5) is 11.4 Å². The maximum absolute atomic E-state index is 12.0. The first-order valence-corrected chi connectivity index (χ1v) is 6.38. The van der Waals surface area contributed by atoms with E-state index < -0.39 is 10.8 Å². The highest BCUT2D eigenvalue weighted by Gasteiger charge is 2.15. The van der Waals surface area contributed by atoms with Crippen molar-refractivity contribution in [3.05, 3.63) is 62.1 Å². The molecular weight excluding hydrogens is 325 g/mol. The molecule has 108 valence electrons. The summed E-state index contributed by atoms with van der Waals surface area (Å²) in [5.41, 5.74) is -0.0350. The van der Waals surface area contributed by atoms with E-state index in [0.717, 1.165) is 6.07 Å². The minimum Gasteiger partial charge on any atom is -0.507 e. The monoisotopic (exact) mass is 332 g/mol. The lowest BCUT2D eigenvalue weighted by Crippen LogP contribution is -2.12. The third-order valence-corrected chi connectivity index (χ3v) is 3.16. The van der Waals surface area contributed by atoms with Gasteiger partial charge in [-0.2, -0.15) is 0 Å². The maximum atomic E-state index is 12.0. The first-order chi connectivity index (χ1) is 9.88. The second kappa shape index (κ2) is 5.99. The third-order valence-electron chi connectivity index (χ3n) is 2.61. The first-order valence-electron chi connectivity index (χ1n) is 5.62. The molecule has 2 aromatic rings. The Kier molecular flexibility index (Phi) is 4.30. The van der Waals surface area contributed by atoms with E-state index in [-0.39, 0.29) is 32.7 Å². The Balaban J connectivity index is 2.27. The van der Waals surface area contributed by atoms with Crippen LogP contribution in [0.2, 0.25) is 10.0 Å². The Hall–Kier alpha value is -2.31. The molecule has 0 atom stereocenters. The van der Waals surface area contributed by atoms with E-state index in [2.05, 4.69) is 5.32 Å². The summed E-state index contributed by atoms with van der Waals surface area (Å²) in [6, 6.07) is 7.65. The highest BCUT2D eigenvalue weighted by Crippen LogP contribution is 2.28. The number of benzene rings is 2. The Morgan fingerprint density at radius 2 is 1.90 bits per heavy atom. The van der Waals surface area contributed by atoms with Crippen LogP contribution in [0, 0.1) is 10.1 Å². The molecule has 0 unspecified atom stereocenters. The van der Waals surface area contributed by atoms with Gasteiger partial charge in [0.25, 0.3) is 11.6 Å². The summed E-state index contributed by atoms with van der Waals surface area (Å²) >= 11 is 11.6. The zero-order chi connectivity index (χ0) is 15.6. The molecule has 0 saturated carbocycles. The molecule has 6 nitrogen and oxygen atoms in total. The number of nitro benzene ring substituents is 1. The number of nitro groups is 1. The van der Waals surface area contributed by atoms with Crippen LogP contribution < -0.4 is 5.32 Å². The molecule has 8 heteroatoms. The molecule has 21 heavy (non-hydrogen) atoms. The number of aromatic hydroxyl groups is 1. The van der Waals surface area contributed by atoms with Gasteiger partial charge in [-0.15, -0.1) is 0 Å². The summed E-state index contributed by atoms with van der Waals surface area (Å²) in [4.78, 5) is 22.0. The summed E-state index contributed by atoms with van der Waals surface area (Å²) in [6.45, 7) is 0. The molecule has 0 saturated heterocycles. The molecule has 0 bridgehead atoms. The summed E-state index contributed by atoms with van der Waals surface area (Å²) in [5, 5.41) is 23.0. The van der Waals surface area contributed by atoms with E-state index in [9.17, 15) is 20.0 Å². The number of hydrogen-bond donors (Lipinski definition) is 2. The summed E-state index contributed by atoms with van der Waals surface area (Å²) in [6.07, 6.45) is 0. The molecule has 2 aromatic carbocycles. The van der Waals surface area contributed by atoms with Gasteiger partial charge in [0.15, 0.2) is 0 Å². The zero-order valence-electron chi connectivity index (χ0n) is 10.3. The van der Waals surface area contributed by atoms with Crippen LogP contribution in [0.1, 0.15) is 10.4 Å². The Morgan fingerprint density at radius 3 is 2.52 bits per heavy atom. The molecule has 0 radical (unpaired) electrons. The molecule has 0 aromatic heterocycles. The van der Waals surface area contributed by atoms with Crippen LogP contribution in [0.25, 0.3) is 0 Å². The quantitative estimate of drug-likeness (QED) is 0.659.